The van der Waals surface area contributed by atoms with Crippen LogP contribution < -0.4 is 0 Å². The predicted molar refractivity (Wildman–Crippen MR) is 78.0 cm³/mol. The molecule has 1 aliphatic heterocycles. The summed E-state index contributed by atoms with van der Waals surface area (Å²) in [6, 6.07) is 5.37. The SMILES string of the molecule is O=C(CO)N1CCN(Cc2nc3cc(Cl)ccc3o2)CC1. The van der Waals surface area contributed by atoms with E-state index >= 15 is 0 Å². The highest BCUT2D eigenvalue weighted by Crippen LogP contribution is 2.21. The Morgan fingerprint density at radius 3 is 2.81 bits per heavy atom. The summed E-state index contributed by atoms with van der Waals surface area (Å²) in [6.07, 6.45) is 0. The minimum Gasteiger partial charge on any atom is -0.439 e. The number of rotatable bonds is 3. The van der Waals surface area contributed by atoms with Gasteiger partial charge >= 0.3 is 0 Å². The normalized spacial score (nSPS) is 16.6. The topological polar surface area (TPSA) is 69.8 Å². The summed E-state index contributed by atoms with van der Waals surface area (Å²) in [6.45, 7) is 2.90. The lowest BCUT2D eigenvalue weighted by molar-refractivity contribution is -0.136. The number of amides is 1. The second-order valence-corrected chi connectivity index (χ2v) is 5.47. The van der Waals surface area contributed by atoms with Crippen molar-refractivity contribution in [1.82, 2.24) is 14.8 Å². The molecule has 1 aliphatic rings. The third kappa shape index (κ3) is 3.18. The summed E-state index contributed by atoms with van der Waals surface area (Å²) in [7, 11) is 0. The van der Waals surface area contributed by atoms with Crippen molar-refractivity contribution in [2.24, 2.45) is 0 Å². The van der Waals surface area contributed by atoms with Gasteiger partial charge in [0.1, 0.15) is 12.1 Å². The minimum atomic E-state index is -0.425. The molecule has 1 aromatic carbocycles. The Bertz CT molecular complexity index is 650. The second kappa shape index (κ2) is 6.01. The largest absolute Gasteiger partial charge is 0.439 e. The average molecular weight is 310 g/mol. The van der Waals surface area contributed by atoms with Crippen molar-refractivity contribution < 1.29 is 14.3 Å². The Morgan fingerprint density at radius 1 is 1.33 bits per heavy atom. The summed E-state index contributed by atoms with van der Waals surface area (Å²) in [5.41, 5.74) is 1.48. The van der Waals surface area contributed by atoms with Gasteiger partial charge in [-0.3, -0.25) is 9.69 Å². The number of hydrogen-bond acceptors (Lipinski definition) is 5. The molecule has 0 aliphatic carbocycles. The number of nitrogens with zero attached hydrogens (tertiary/aromatic N) is 3. The molecule has 1 N–H and O–H groups in total. The monoisotopic (exact) mass is 309 g/mol. The first-order valence-corrected chi connectivity index (χ1v) is 7.19. The quantitative estimate of drug-likeness (QED) is 0.920. The summed E-state index contributed by atoms with van der Waals surface area (Å²) in [5, 5.41) is 9.49. The van der Waals surface area contributed by atoms with Crippen LogP contribution in [0.1, 0.15) is 5.89 Å². The molecule has 6 nitrogen and oxygen atoms in total. The van der Waals surface area contributed by atoms with Crippen LogP contribution in [0, 0.1) is 0 Å². The summed E-state index contributed by atoms with van der Waals surface area (Å²) >= 11 is 5.93. The van der Waals surface area contributed by atoms with E-state index in [1.54, 1.807) is 17.0 Å². The van der Waals surface area contributed by atoms with E-state index in [1.807, 2.05) is 6.07 Å². The maximum absolute atomic E-state index is 11.4. The van der Waals surface area contributed by atoms with Crippen LogP contribution in [0.5, 0.6) is 0 Å². The zero-order chi connectivity index (χ0) is 14.8. The fourth-order valence-electron chi connectivity index (χ4n) is 2.46. The molecule has 2 heterocycles. The molecule has 0 radical (unpaired) electrons. The molecule has 0 atom stereocenters. The molecule has 0 unspecified atom stereocenters. The third-order valence-electron chi connectivity index (χ3n) is 3.61. The second-order valence-electron chi connectivity index (χ2n) is 5.03. The Kier molecular flexibility index (Phi) is 4.10. The van der Waals surface area contributed by atoms with Crippen molar-refractivity contribution in [3.8, 4) is 0 Å². The number of aromatic nitrogens is 1. The van der Waals surface area contributed by atoms with Crippen molar-refractivity contribution in [2.45, 2.75) is 6.54 Å². The van der Waals surface area contributed by atoms with Gasteiger partial charge in [-0.05, 0) is 18.2 Å². The molecule has 112 valence electrons. The van der Waals surface area contributed by atoms with Crippen LogP contribution in [0.25, 0.3) is 11.1 Å². The number of aliphatic hydroxyl groups excluding tert-OH is 1. The molecule has 1 fully saturated rings. The molecular weight excluding hydrogens is 294 g/mol. The smallest absolute Gasteiger partial charge is 0.248 e. The molecule has 21 heavy (non-hydrogen) atoms. The number of piperazine rings is 1. The first-order chi connectivity index (χ1) is 10.2. The van der Waals surface area contributed by atoms with Crippen molar-refractivity contribution in [3.05, 3.63) is 29.1 Å². The highest BCUT2D eigenvalue weighted by atomic mass is 35.5. The van der Waals surface area contributed by atoms with Crippen LogP contribution in [0.3, 0.4) is 0 Å². The molecule has 3 rings (SSSR count). The molecule has 2 aromatic rings. The summed E-state index contributed by atoms with van der Waals surface area (Å²) in [4.78, 5) is 19.7. The lowest BCUT2D eigenvalue weighted by Crippen LogP contribution is -2.49. The Labute approximate surface area is 126 Å². The maximum atomic E-state index is 11.4. The third-order valence-corrected chi connectivity index (χ3v) is 3.85. The van der Waals surface area contributed by atoms with Gasteiger partial charge in [0.2, 0.25) is 11.8 Å². The highest BCUT2D eigenvalue weighted by molar-refractivity contribution is 6.31. The number of halogens is 1. The number of aliphatic hydroxyl groups is 1. The van der Waals surface area contributed by atoms with Gasteiger partial charge in [-0.1, -0.05) is 11.6 Å². The summed E-state index contributed by atoms with van der Waals surface area (Å²) < 4.78 is 5.69. The fourth-order valence-corrected chi connectivity index (χ4v) is 2.63. The van der Waals surface area contributed by atoms with Gasteiger partial charge in [0.15, 0.2) is 5.58 Å². The van der Waals surface area contributed by atoms with Crippen molar-refractivity contribution in [2.75, 3.05) is 32.8 Å². The van der Waals surface area contributed by atoms with Crippen molar-refractivity contribution in [3.63, 3.8) is 0 Å². The zero-order valence-corrected chi connectivity index (χ0v) is 12.2. The van der Waals surface area contributed by atoms with Crippen LogP contribution in [0.4, 0.5) is 0 Å². The van der Waals surface area contributed by atoms with Gasteiger partial charge in [0, 0.05) is 31.2 Å². The van der Waals surface area contributed by atoms with Gasteiger partial charge < -0.3 is 14.4 Å². The minimum absolute atomic E-state index is 0.217. The molecule has 1 aromatic heterocycles. The Morgan fingerprint density at radius 2 is 2.10 bits per heavy atom. The first-order valence-electron chi connectivity index (χ1n) is 6.81. The highest BCUT2D eigenvalue weighted by Gasteiger charge is 2.21. The van der Waals surface area contributed by atoms with Gasteiger partial charge in [-0.2, -0.15) is 0 Å². The zero-order valence-electron chi connectivity index (χ0n) is 11.5. The first kappa shape index (κ1) is 14.3. The summed E-state index contributed by atoms with van der Waals surface area (Å²) in [5.74, 6) is 0.431. The van der Waals surface area contributed by atoms with Gasteiger partial charge in [0.25, 0.3) is 0 Å². The van der Waals surface area contributed by atoms with Gasteiger partial charge in [0.05, 0.1) is 6.54 Å². The Balaban J connectivity index is 1.63. The number of fused-ring (bicyclic) bond motifs is 1. The number of carbonyl (C=O) groups is 1. The molecule has 0 bridgehead atoms. The van der Waals surface area contributed by atoms with Crippen molar-refractivity contribution in [1.29, 1.82) is 0 Å². The molecule has 0 spiro atoms. The van der Waals surface area contributed by atoms with Crippen molar-refractivity contribution >= 4 is 28.6 Å². The van der Waals surface area contributed by atoms with Crippen LogP contribution >= 0.6 is 11.6 Å². The molecule has 7 heteroatoms. The van der Waals surface area contributed by atoms with E-state index in [0.717, 1.165) is 24.2 Å². The maximum Gasteiger partial charge on any atom is 0.248 e. The molecule has 1 amide bonds. The predicted octanol–water partition coefficient (Wildman–Crippen LogP) is 1.12. The van der Waals surface area contributed by atoms with E-state index in [2.05, 4.69) is 9.88 Å². The molecular formula is C14H16ClN3O3. The average Bonchev–Trinajstić information content (AvgIpc) is 2.88. The van der Waals surface area contributed by atoms with Gasteiger partial charge in [-0.25, -0.2) is 4.98 Å². The molecule has 1 saturated heterocycles. The Hall–Kier alpha value is -1.63. The van der Waals surface area contributed by atoms with Crippen LogP contribution in [-0.4, -0.2) is 58.6 Å². The van der Waals surface area contributed by atoms with Gasteiger partial charge in [-0.15, -0.1) is 0 Å². The number of oxazole rings is 1. The van der Waals surface area contributed by atoms with E-state index in [0.29, 0.717) is 30.5 Å². The van der Waals surface area contributed by atoms with E-state index < -0.39 is 6.61 Å². The van der Waals surface area contributed by atoms with E-state index in [-0.39, 0.29) is 5.91 Å². The molecule has 0 saturated carbocycles. The standard InChI is InChI=1S/C14H16ClN3O3/c15-10-1-2-12-11(7-10)16-13(21-12)8-17-3-5-18(6-4-17)14(20)9-19/h1-2,7,19H,3-6,8-9H2. The fraction of sp³-hybridized carbons (Fsp3) is 0.429. The van der Waals surface area contributed by atoms with E-state index in [4.69, 9.17) is 21.1 Å². The van der Waals surface area contributed by atoms with Crippen LogP contribution in [-0.2, 0) is 11.3 Å². The van der Waals surface area contributed by atoms with Crippen LogP contribution in [0.15, 0.2) is 22.6 Å². The lowest BCUT2D eigenvalue weighted by Gasteiger charge is -2.33. The van der Waals surface area contributed by atoms with E-state index in [9.17, 15) is 4.79 Å². The van der Waals surface area contributed by atoms with E-state index in [1.165, 1.54) is 0 Å². The van der Waals surface area contributed by atoms with Crippen LogP contribution in [0.2, 0.25) is 5.02 Å². The number of benzene rings is 1. The number of hydrogen-bond donors (Lipinski definition) is 1. The number of carbonyl (C=O) groups excluding carboxylic acids is 1. The lowest BCUT2D eigenvalue weighted by atomic mass is 10.3.